The van der Waals surface area contributed by atoms with E-state index in [9.17, 15) is 24.7 Å². The number of hydrogen-bond acceptors (Lipinski definition) is 8. The number of para-hydroxylation sites is 1. The van der Waals surface area contributed by atoms with Gasteiger partial charge in [-0.1, -0.05) is 23.4 Å². The average Bonchev–Trinajstić information content (AvgIpc) is 2.92. The number of carboxylic acid groups (broad SMARTS) is 1. The van der Waals surface area contributed by atoms with Crippen LogP contribution in [0.15, 0.2) is 67.8 Å². The number of fused-ring (bicyclic) bond motifs is 2. The predicted molar refractivity (Wildman–Crippen MR) is 140 cm³/mol. The smallest absolute Gasteiger partial charge is 0.345 e. The normalized spacial score (nSPS) is 14.9. The van der Waals surface area contributed by atoms with Crippen LogP contribution in [0.1, 0.15) is 22.8 Å². The van der Waals surface area contributed by atoms with Gasteiger partial charge in [0, 0.05) is 56.2 Å². The third kappa shape index (κ3) is 4.52. The fourth-order valence-corrected chi connectivity index (χ4v) is 4.85. The number of benzene rings is 2. The number of rotatable bonds is 6. The summed E-state index contributed by atoms with van der Waals surface area (Å²) >= 11 is 0. The van der Waals surface area contributed by atoms with Gasteiger partial charge in [-0.05, 0) is 31.2 Å². The molecule has 11 heteroatoms. The molecule has 0 saturated carbocycles. The Morgan fingerprint density at radius 3 is 2.50 bits per heavy atom. The second-order valence-corrected chi connectivity index (χ2v) is 9.08. The first-order valence-corrected chi connectivity index (χ1v) is 12.1. The Morgan fingerprint density at radius 1 is 1.08 bits per heavy atom. The van der Waals surface area contributed by atoms with Gasteiger partial charge >= 0.3 is 11.6 Å². The van der Waals surface area contributed by atoms with Crippen molar-refractivity contribution in [2.45, 2.75) is 13.5 Å². The minimum Gasteiger partial charge on any atom is -0.477 e. The molecule has 1 saturated heterocycles. The van der Waals surface area contributed by atoms with Gasteiger partial charge < -0.3 is 24.2 Å². The summed E-state index contributed by atoms with van der Waals surface area (Å²) in [5.41, 5.74) is -0.155. The van der Waals surface area contributed by atoms with Crippen molar-refractivity contribution in [3.63, 3.8) is 0 Å². The van der Waals surface area contributed by atoms with E-state index in [-0.39, 0.29) is 23.2 Å². The first-order chi connectivity index (χ1) is 18.3. The van der Waals surface area contributed by atoms with Crippen LogP contribution in [0.4, 0.5) is 10.1 Å². The van der Waals surface area contributed by atoms with Crippen molar-refractivity contribution in [2.75, 3.05) is 37.6 Å². The molecular formula is C27H25FN4O6. The molecule has 3 heterocycles. The van der Waals surface area contributed by atoms with E-state index in [1.165, 1.54) is 6.20 Å². The largest absolute Gasteiger partial charge is 0.477 e. The molecule has 1 aliphatic rings. The number of hydrogen-bond donors (Lipinski definition) is 2. The lowest BCUT2D eigenvalue weighted by Gasteiger charge is -2.36. The summed E-state index contributed by atoms with van der Waals surface area (Å²) in [7, 11) is 0. The molecule has 10 nitrogen and oxygen atoms in total. The van der Waals surface area contributed by atoms with Crippen molar-refractivity contribution in [3.05, 3.63) is 86.2 Å². The number of anilines is 1. The van der Waals surface area contributed by atoms with Crippen LogP contribution in [0.3, 0.4) is 0 Å². The molecule has 196 valence electrons. The maximum atomic E-state index is 15.2. The minimum absolute atomic E-state index is 0.0182. The summed E-state index contributed by atoms with van der Waals surface area (Å²) in [5.74, 6) is -1.97. The van der Waals surface area contributed by atoms with Crippen LogP contribution < -0.4 is 16.0 Å². The van der Waals surface area contributed by atoms with Crippen molar-refractivity contribution >= 4 is 39.2 Å². The van der Waals surface area contributed by atoms with Gasteiger partial charge in [-0.15, -0.1) is 0 Å². The number of piperazine rings is 1. The van der Waals surface area contributed by atoms with Crippen LogP contribution in [0.2, 0.25) is 0 Å². The Balaban J connectivity index is 1.36. The summed E-state index contributed by atoms with van der Waals surface area (Å²) < 4.78 is 22.1. The van der Waals surface area contributed by atoms with E-state index in [1.54, 1.807) is 34.9 Å². The molecule has 0 bridgehead atoms. The van der Waals surface area contributed by atoms with Gasteiger partial charge in [0.25, 0.3) is 0 Å². The highest BCUT2D eigenvalue weighted by Gasteiger charge is 2.24. The van der Waals surface area contributed by atoms with Gasteiger partial charge in [-0.2, -0.15) is 0 Å². The number of aromatic nitrogens is 1. The van der Waals surface area contributed by atoms with Crippen LogP contribution in [0.5, 0.6) is 0 Å². The summed E-state index contributed by atoms with van der Waals surface area (Å²) in [6, 6.07) is 11.4. The molecule has 38 heavy (non-hydrogen) atoms. The summed E-state index contributed by atoms with van der Waals surface area (Å²) in [6.45, 7) is 4.28. The van der Waals surface area contributed by atoms with E-state index in [2.05, 4.69) is 5.16 Å². The molecule has 1 fully saturated rings. The molecule has 2 aromatic heterocycles. The molecule has 0 radical (unpaired) electrons. The van der Waals surface area contributed by atoms with Gasteiger partial charge in [-0.25, -0.2) is 14.0 Å². The van der Waals surface area contributed by atoms with Crippen LogP contribution in [-0.2, 0) is 6.54 Å². The Morgan fingerprint density at radius 2 is 1.82 bits per heavy atom. The first-order valence-electron chi connectivity index (χ1n) is 12.1. The number of halogens is 1. The van der Waals surface area contributed by atoms with Crippen molar-refractivity contribution in [1.82, 2.24) is 9.47 Å². The van der Waals surface area contributed by atoms with E-state index in [0.29, 0.717) is 54.9 Å². The average molecular weight is 521 g/mol. The molecule has 2 aromatic carbocycles. The number of carbonyl (C=O) groups is 1. The summed E-state index contributed by atoms with van der Waals surface area (Å²) in [6.07, 6.45) is 1.28. The summed E-state index contributed by atoms with van der Waals surface area (Å²) in [4.78, 5) is 40.4. The lowest BCUT2D eigenvalue weighted by atomic mass is 10.1. The fraction of sp³-hybridized carbons (Fsp3) is 0.259. The van der Waals surface area contributed by atoms with Gasteiger partial charge in [0.15, 0.2) is 0 Å². The molecule has 5 rings (SSSR count). The van der Waals surface area contributed by atoms with Gasteiger partial charge in [0.2, 0.25) is 5.43 Å². The Hall–Kier alpha value is -4.51. The molecule has 0 atom stereocenters. The highest BCUT2D eigenvalue weighted by Crippen LogP contribution is 2.26. The fourth-order valence-electron chi connectivity index (χ4n) is 4.85. The lowest BCUT2D eigenvalue weighted by molar-refractivity contribution is 0.0695. The van der Waals surface area contributed by atoms with E-state index < -0.39 is 28.4 Å². The van der Waals surface area contributed by atoms with Gasteiger partial charge in [-0.3, -0.25) is 9.69 Å². The van der Waals surface area contributed by atoms with E-state index in [0.717, 1.165) is 6.07 Å². The molecule has 0 amide bonds. The molecule has 2 N–H and O–H groups in total. The number of carboxylic acids is 1. The second kappa shape index (κ2) is 10.1. The standard InChI is InChI=1S/C27H25FN4O6/c1-2-31-14-19(26(34)35)25(33)18-12-20(28)23(13-22(18)31)32-9-7-30(8-10-32)15-21(29-37)17-11-16-5-3-4-6-24(16)38-27(17)36/h3-6,11-14,37H,2,7-10,15H2,1H3,(H,34,35)/b29-21-. The predicted octanol–water partition coefficient (Wildman–Crippen LogP) is 2.97. The quantitative estimate of drug-likeness (QED) is 0.172. The zero-order valence-electron chi connectivity index (χ0n) is 20.6. The summed E-state index contributed by atoms with van der Waals surface area (Å²) in [5, 5.41) is 23.1. The SMILES string of the molecule is CCn1cc(C(=O)O)c(=O)c2cc(F)c(N3CCN(C/C(=N/O)c4cc5ccccc5oc4=O)CC3)cc21. The van der Waals surface area contributed by atoms with E-state index in [4.69, 9.17) is 4.42 Å². The van der Waals surface area contributed by atoms with Crippen LogP contribution in [0, 0.1) is 5.82 Å². The minimum atomic E-state index is -1.35. The highest BCUT2D eigenvalue weighted by atomic mass is 19.1. The van der Waals surface area contributed by atoms with Crippen molar-refractivity contribution in [1.29, 1.82) is 0 Å². The van der Waals surface area contributed by atoms with Crippen molar-refractivity contribution in [3.8, 4) is 0 Å². The van der Waals surface area contributed by atoms with E-state index in [1.807, 2.05) is 22.8 Å². The molecule has 4 aromatic rings. The van der Waals surface area contributed by atoms with Crippen molar-refractivity contribution in [2.24, 2.45) is 5.16 Å². The zero-order valence-corrected chi connectivity index (χ0v) is 20.6. The highest BCUT2D eigenvalue weighted by molar-refractivity contribution is 6.03. The molecule has 0 aliphatic carbocycles. The van der Waals surface area contributed by atoms with Gasteiger partial charge in [0.1, 0.15) is 22.7 Å². The molecule has 0 unspecified atom stereocenters. The van der Waals surface area contributed by atoms with Crippen molar-refractivity contribution < 1.29 is 23.9 Å². The number of oxime groups is 1. The molecule has 0 spiro atoms. The number of aromatic carboxylic acids is 1. The molecule has 1 aliphatic heterocycles. The van der Waals surface area contributed by atoms with Crippen LogP contribution in [0.25, 0.3) is 21.9 Å². The number of aryl methyl sites for hydroxylation is 1. The van der Waals surface area contributed by atoms with E-state index >= 15 is 4.39 Å². The maximum Gasteiger partial charge on any atom is 0.345 e. The zero-order chi connectivity index (χ0) is 27.0. The van der Waals surface area contributed by atoms with Crippen LogP contribution >= 0.6 is 0 Å². The lowest BCUT2D eigenvalue weighted by Crippen LogP contribution is -2.48. The molecular weight excluding hydrogens is 495 g/mol. The maximum absolute atomic E-state index is 15.2. The monoisotopic (exact) mass is 520 g/mol. The van der Waals surface area contributed by atoms with Crippen LogP contribution in [-0.4, -0.2) is 64.2 Å². The number of pyridine rings is 1. The second-order valence-electron chi connectivity index (χ2n) is 9.08. The Bertz CT molecular complexity index is 1700. The Kier molecular flexibility index (Phi) is 6.68. The Labute approximate surface area is 215 Å². The third-order valence-electron chi connectivity index (χ3n) is 6.88. The first kappa shape index (κ1) is 25.2. The van der Waals surface area contributed by atoms with Gasteiger partial charge in [0.05, 0.1) is 16.8 Å². The topological polar surface area (TPSA) is 129 Å². The number of nitrogens with zero attached hydrogens (tertiary/aromatic N) is 4. The third-order valence-corrected chi connectivity index (χ3v) is 6.88.